The van der Waals surface area contributed by atoms with Gasteiger partial charge in [0.25, 0.3) is 0 Å². The third kappa shape index (κ3) is 2.56. The van der Waals surface area contributed by atoms with Gasteiger partial charge < -0.3 is 4.90 Å². The molecule has 1 heterocycles. The summed E-state index contributed by atoms with van der Waals surface area (Å²) in [5.41, 5.74) is 2.47. The van der Waals surface area contributed by atoms with Gasteiger partial charge in [0.15, 0.2) is 0 Å². The number of nitrogen functional groups attached to an aromatic ring is 1. The normalized spacial score (nSPS) is 15.1. The smallest absolute Gasteiger partial charge is 0.239 e. The average molecular weight is 207 g/mol. The van der Waals surface area contributed by atoms with Crippen LogP contribution in [0.15, 0.2) is 12.3 Å². The van der Waals surface area contributed by atoms with E-state index in [2.05, 4.69) is 27.2 Å². The number of hydrogen-bond donors (Lipinski definition) is 2. The molecule has 1 aliphatic carbocycles. The Hall–Kier alpha value is -1.36. The molecule has 0 spiro atoms. The second-order valence-electron chi connectivity index (χ2n) is 3.86. The van der Waals surface area contributed by atoms with E-state index in [0.717, 1.165) is 24.8 Å². The van der Waals surface area contributed by atoms with E-state index in [0.29, 0.717) is 5.95 Å². The van der Waals surface area contributed by atoms with Crippen molar-refractivity contribution in [3.05, 3.63) is 12.3 Å². The summed E-state index contributed by atoms with van der Waals surface area (Å²) in [5.74, 6) is 7.56. The lowest BCUT2D eigenvalue weighted by Crippen LogP contribution is -2.26. The number of aromatic nitrogens is 2. The zero-order valence-electron chi connectivity index (χ0n) is 8.98. The molecule has 1 aliphatic rings. The van der Waals surface area contributed by atoms with Crippen LogP contribution in [-0.4, -0.2) is 23.1 Å². The van der Waals surface area contributed by atoms with Gasteiger partial charge >= 0.3 is 0 Å². The van der Waals surface area contributed by atoms with Crippen LogP contribution in [0, 0.1) is 5.92 Å². The molecule has 1 saturated carbocycles. The topological polar surface area (TPSA) is 67.1 Å². The van der Waals surface area contributed by atoms with Crippen molar-refractivity contribution in [3.63, 3.8) is 0 Å². The minimum atomic E-state index is 0.474. The van der Waals surface area contributed by atoms with Crippen molar-refractivity contribution in [1.82, 2.24) is 9.97 Å². The van der Waals surface area contributed by atoms with Crippen LogP contribution >= 0.6 is 0 Å². The van der Waals surface area contributed by atoms with Gasteiger partial charge in [-0.05, 0) is 31.7 Å². The molecule has 0 amide bonds. The molecular weight excluding hydrogens is 190 g/mol. The van der Waals surface area contributed by atoms with E-state index in [4.69, 9.17) is 5.84 Å². The van der Waals surface area contributed by atoms with Crippen molar-refractivity contribution >= 4 is 11.8 Å². The largest absolute Gasteiger partial charge is 0.356 e. The lowest BCUT2D eigenvalue weighted by Gasteiger charge is -2.21. The summed E-state index contributed by atoms with van der Waals surface area (Å²) in [6.45, 7) is 4.20. The standard InChI is InChI=1S/C10H17N5/c1-2-15(7-8-3-4-8)9-5-6-12-10(13-9)14-11/h5-6,8H,2-4,7,11H2,1H3,(H,12,13,14). The van der Waals surface area contributed by atoms with E-state index in [9.17, 15) is 0 Å². The predicted octanol–water partition coefficient (Wildman–Crippen LogP) is 0.998. The summed E-state index contributed by atoms with van der Waals surface area (Å²) in [7, 11) is 0. The summed E-state index contributed by atoms with van der Waals surface area (Å²) in [5, 5.41) is 0. The molecule has 1 aromatic rings. The Kier molecular flexibility index (Phi) is 3.01. The molecule has 0 bridgehead atoms. The lowest BCUT2D eigenvalue weighted by molar-refractivity contribution is 0.731. The van der Waals surface area contributed by atoms with Crippen LogP contribution in [0.3, 0.4) is 0 Å². The van der Waals surface area contributed by atoms with Crippen molar-refractivity contribution < 1.29 is 0 Å². The molecule has 15 heavy (non-hydrogen) atoms. The van der Waals surface area contributed by atoms with Gasteiger partial charge in [0.2, 0.25) is 5.95 Å². The van der Waals surface area contributed by atoms with Crippen molar-refractivity contribution in [1.29, 1.82) is 0 Å². The zero-order chi connectivity index (χ0) is 10.7. The van der Waals surface area contributed by atoms with Crippen molar-refractivity contribution in [3.8, 4) is 0 Å². The average Bonchev–Trinajstić information content (AvgIpc) is 3.10. The third-order valence-electron chi connectivity index (χ3n) is 2.65. The zero-order valence-corrected chi connectivity index (χ0v) is 8.98. The Morgan fingerprint density at radius 2 is 2.40 bits per heavy atom. The van der Waals surface area contributed by atoms with E-state index in [1.54, 1.807) is 6.20 Å². The fraction of sp³-hybridized carbons (Fsp3) is 0.600. The molecule has 5 heteroatoms. The minimum absolute atomic E-state index is 0.474. The van der Waals surface area contributed by atoms with Gasteiger partial charge in [0.05, 0.1) is 0 Å². The van der Waals surface area contributed by atoms with Gasteiger partial charge in [0, 0.05) is 19.3 Å². The van der Waals surface area contributed by atoms with Gasteiger partial charge in [-0.15, -0.1) is 0 Å². The Labute approximate surface area is 89.7 Å². The van der Waals surface area contributed by atoms with Crippen LogP contribution in [0.2, 0.25) is 0 Å². The first-order valence-corrected chi connectivity index (χ1v) is 5.38. The molecule has 0 aromatic carbocycles. The molecule has 0 unspecified atom stereocenters. The SMILES string of the molecule is CCN(CC1CC1)c1ccnc(NN)n1. The quantitative estimate of drug-likeness (QED) is 0.557. The number of anilines is 2. The molecule has 5 nitrogen and oxygen atoms in total. The minimum Gasteiger partial charge on any atom is -0.356 e. The monoisotopic (exact) mass is 207 g/mol. The van der Waals surface area contributed by atoms with Crippen molar-refractivity contribution in [2.24, 2.45) is 11.8 Å². The first kappa shape index (κ1) is 10.2. The number of nitrogens with two attached hydrogens (primary N) is 1. The molecule has 1 aromatic heterocycles. The summed E-state index contributed by atoms with van der Waals surface area (Å²) >= 11 is 0. The number of nitrogens with one attached hydrogen (secondary N) is 1. The summed E-state index contributed by atoms with van der Waals surface area (Å²) in [6.07, 6.45) is 4.43. The van der Waals surface area contributed by atoms with Crippen LogP contribution in [-0.2, 0) is 0 Å². The highest BCUT2D eigenvalue weighted by molar-refractivity contribution is 5.42. The number of rotatable bonds is 5. The Balaban J connectivity index is 2.09. The Morgan fingerprint density at radius 1 is 1.60 bits per heavy atom. The fourth-order valence-electron chi connectivity index (χ4n) is 1.59. The highest BCUT2D eigenvalue weighted by atomic mass is 15.3. The Bertz CT molecular complexity index is 323. The lowest BCUT2D eigenvalue weighted by atomic mass is 10.3. The number of hydrogen-bond acceptors (Lipinski definition) is 5. The molecular formula is C10H17N5. The summed E-state index contributed by atoms with van der Waals surface area (Å²) in [6, 6.07) is 1.92. The first-order valence-electron chi connectivity index (χ1n) is 5.38. The molecule has 82 valence electrons. The second-order valence-corrected chi connectivity index (χ2v) is 3.86. The molecule has 3 N–H and O–H groups in total. The van der Waals surface area contributed by atoms with Gasteiger partial charge in [-0.2, -0.15) is 4.98 Å². The van der Waals surface area contributed by atoms with E-state index < -0.39 is 0 Å². The maximum atomic E-state index is 5.28. The maximum absolute atomic E-state index is 5.28. The summed E-state index contributed by atoms with van der Waals surface area (Å²) < 4.78 is 0. The fourth-order valence-corrected chi connectivity index (χ4v) is 1.59. The molecule has 0 aliphatic heterocycles. The number of nitrogens with zero attached hydrogens (tertiary/aromatic N) is 3. The predicted molar refractivity (Wildman–Crippen MR) is 60.5 cm³/mol. The van der Waals surface area contributed by atoms with Crippen LogP contribution in [0.25, 0.3) is 0 Å². The van der Waals surface area contributed by atoms with Gasteiger partial charge in [0.1, 0.15) is 5.82 Å². The molecule has 2 rings (SSSR count). The van der Waals surface area contributed by atoms with E-state index in [1.807, 2.05) is 6.07 Å². The third-order valence-corrected chi connectivity index (χ3v) is 2.65. The first-order chi connectivity index (χ1) is 7.33. The molecule has 0 radical (unpaired) electrons. The van der Waals surface area contributed by atoms with Crippen LogP contribution in [0.4, 0.5) is 11.8 Å². The second kappa shape index (κ2) is 4.44. The maximum Gasteiger partial charge on any atom is 0.239 e. The highest BCUT2D eigenvalue weighted by Gasteiger charge is 2.24. The van der Waals surface area contributed by atoms with Crippen LogP contribution < -0.4 is 16.2 Å². The molecule has 0 atom stereocenters. The van der Waals surface area contributed by atoms with Gasteiger partial charge in [-0.25, -0.2) is 10.8 Å². The number of hydrazine groups is 1. The molecule has 1 fully saturated rings. The van der Waals surface area contributed by atoms with E-state index in [-0.39, 0.29) is 0 Å². The Morgan fingerprint density at radius 3 is 3.00 bits per heavy atom. The summed E-state index contributed by atoms with van der Waals surface area (Å²) in [4.78, 5) is 10.6. The van der Waals surface area contributed by atoms with Crippen LogP contribution in [0.1, 0.15) is 19.8 Å². The highest BCUT2D eigenvalue weighted by Crippen LogP contribution is 2.30. The van der Waals surface area contributed by atoms with Gasteiger partial charge in [-0.3, -0.25) is 5.43 Å². The molecule has 0 saturated heterocycles. The van der Waals surface area contributed by atoms with Gasteiger partial charge in [-0.1, -0.05) is 0 Å². The van der Waals surface area contributed by atoms with E-state index >= 15 is 0 Å². The van der Waals surface area contributed by atoms with Crippen LogP contribution in [0.5, 0.6) is 0 Å². The van der Waals surface area contributed by atoms with Crippen molar-refractivity contribution in [2.75, 3.05) is 23.4 Å². The van der Waals surface area contributed by atoms with Crippen molar-refractivity contribution in [2.45, 2.75) is 19.8 Å². The van der Waals surface area contributed by atoms with E-state index in [1.165, 1.54) is 12.8 Å².